The Morgan fingerprint density at radius 2 is 1.60 bits per heavy atom. The lowest BCUT2D eigenvalue weighted by atomic mass is 9.67. The minimum Gasteiger partial charge on any atom is -0.393 e. The Kier molecular flexibility index (Phi) is 3.65. The van der Waals surface area contributed by atoms with Gasteiger partial charge in [0.25, 0.3) is 0 Å². The van der Waals surface area contributed by atoms with Crippen molar-refractivity contribution in [3.05, 3.63) is 0 Å². The molecule has 2 rings (SSSR count). The maximum Gasteiger partial charge on any atom is 0.103 e. The Balaban J connectivity index is 2.01. The van der Waals surface area contributed by atoms with Crippen LogP contribution in [0.1, 0.15) is 51.9 Å². The molecule has 0 aromatic carbocycles. The topological polar surface area (TPSA) is 20.2 Å². The van der Waals surface area contributed by atoms with Gasteiger partial charge in [0.15, 0.2) is 0 Å². The quantitative estimate of drug-likeness (QED) is 0.710. The van der Waals surface area contributed by atoms with Crippen LogP contribution in [0, 0.1) is 17.8 Å². The van der Waals surface area contributed by atoms with E-state index in [0.717, 1.165) is 38.5 Å². The summed E-state index contributed by atoms with van der Waals surface area (Å²) < 4.78 is 13.9. The molecule has 1 N–H and O–H groups in total. The summed E-state index contributed by atoms with van der Waals surface area (Å²) in [6.07, 6.45) is 6.39. The van der Waals surface area contributed by atoms with Crippen LogP contribution in [0.15, 0.2) is 0 Å². The molecule has 5 unspecified atom stereocenters. The van der Waals surface area contributed by atoms with E-state index < -0.39 is 6.17 Å². The lowest BCUT2D eigenvalue weighted by Crippen LogP contribution is -2.39. The highest BCUT2D eigenvalue weighted by molar-refractivity contribution is 4.88. The normalized spacial score (nSPS) is 47.8. The van der Waals surface area contributed by atoms with E-state index in [1.165, 1.54) is 6.42 Å². The first kappa shape index (κ1) is 11.4. The highest BCUT2D eigenvalue weighted by Crippen LogP contribution is 2.42. The summed E-state index contributed by atoms with van der Waals surface area (Å²) in [6, 6.07) is 0. The van der Waals surface area contributed by atoms with Crippen molar-refractivity contribution in [3.63, 3.8) is 0 Å². The zero-order chi connectivity index (χ0) is 10.8. The standard InChI is InChI=1S/C13H23FO/c1-9-10(6-4-8-13(9)15)11-5-2-3-7-12(11)14/h9-13,15H,2-8H2,1H3. The molecule has 2 saturated carbocycles. The fourth-order valence-corrected chi connectivity index (χ4v) is 3.57. The summed E-state index contributed by atoms with van der Waals surface area (Å²) in [4.78, 5) is 0. The van der Waals surface area contributed by atoms with Gasteiger partial charge in [-0.25, -0.2) is 4.39 Å². The molecule has 88 valence electrons. The predicted octanol–water partition coefficient (Wildman–Crippen LogP) is 3.31. The molecule has 1 nitrogen and oxygen atoms in total. The fourth-order valence-electron chi connectivity index (χ4n) is 3.57. The van der Waals surface area contributed by atoms with Gasteiger partial charge in [-0.3, -0.25) is 0 Å². The van der Waals surface area contributed by atoms with Gasteiger partial charge in [0.05, 0.1) is 6.10 Å². The molecule has 0 spiro atoms. The second-order valence-corrected chi connectivity index (χ2v) is 5.49. The largest absolute Gasteiger partial charge is 0.393 e. The van der Waals surface area contributed by atoms with Crippen molar-refractivity contribution in [3.8, 4) is 0 Å². The van der Waals surface area contributed by atoms with E-state index in [-0.39, 0.29) is 12.0 Å². The maximum atomic E-state index is 13.9. The molecule has 0 heterocycles. The molecule has 5 atom stereocenters. The summed E-state index contributed by atoms with van der Waals surface area (Å²) in [5, 5.41) is 9.84. The van der Waals surface area contributed by atoms with E-state index in [4.69, 9.17) is 0 Å². The maximum absolute atomic E-state index is 13.9. The van der Waals surface area contributed by atoms with Crippen molar-refractivity contribution >= 4 is 0 Å². The smallest absolute Gasteiger partial charge is 0.103 e. The molecule has 2 heteroatoms. The van der Waals surface area contributed by atoms with Crippen molar-refractivity contribution in [2.24, 2.45) is 17.8 Å². The first-order chi connectivity index (χ1) is 7.20. The third-order valence-electron chi connectivity index (χ3n) is 4.60. The van der Waals surface area contributed by atoms with E-state index in [9.17, 15) is 9.50 Å². The van der Waals surface area contributed by atoms with Crippen LogP contribution in [0.2, 0.25) is 0 Å². The number of hydrogen-bond acceptors (Lipinski definition) is 1. The number of rotatable bonds is 1. The predicted molar refractivity (Wildman–Crippen MR) is 59.4 cm³/mol. The fraction of sp³-hybridized carbons (Fsp3) is 1.00. The third kappa shape index (κ3) is 2.35. The van der Waals surface area contributed by atoms with Gasteiger partial charge >= 0.3 is 0 Å². The highest BCUT2D eigenvalue weighted by atomic mass is 19.1. The number of halogens is 1. The molecule has 0 aliphatic heterocycles. The van der Waals surface area contributed by atoms with Crippen molar-refractivity contribution in [1.82, 2.24) is 0 Å². The summed E-state index contributed by atoms with van der Waals surface area (Å²) in [5.74, 6) is 0.979. The minimum atomic E-state index is -0.600. The second kappa shape index (κ2) is 4.82. The van der Waals surface area contributed by atoms with Crippen molar-refractivity contribution in [2.45, 2.75) is 64.1 Å². The Bertz CT molecular complexity index is 207. The van der Waals surface area contributed by atoms with Gasteiger partial charge in [0.2, 0.25) is 0 Å². The Hall–Kier alpha value is -0.110. The molecule has 0 aromatic heterocycles. The molecular weight excluding hydrogens is 191 g/mol. The molecule has 0 aromatic rings. The van der Waals surface area contributed by atoms with Crippen LogP contribution in [-0.2, 0) is 0 Å². The van der Waals surface area contributed by atoms with E-state index in [2.05, 4.69) is 6.92 Å². The number of aliphatic hydroxyl groups is 1. The lowest BCUT2D eigenvalue weighted by molar-refractivity contribution is -0.0104. The third-order valence-corrected chi connectivity index (χ3v) is 4.60. The summed E-state index contributed by atoms with van der Waals surface area (Å²) in [5.41, 5.74) is 0. The summed E-state index contributed by atoms with van der Waals surface area (Å²) in [6.45, 7) is 2.11. The minimum absolute atomic E-state index is 0.183. The molecule has 2 aliphatic rings. The number of alkyl halides is 1. The van der Waals surface area contributed by atoms with Crippen LogP contribution in [0.4, 0.5) is 4.39 Å². The van der Waals surface area contributed by atoms with Crippen LogP contribution in [-0.4, -0.2) is 17.4 Å². The van der Waals surface area contributed by atoms with Crippen LogP contribution >= 0.6 is 0 Å². The van der Waals surface area contributed by atoms with Gasteiger partial charge in [0, 0.05) is 0 Å². The van der Waals surface area contributed by atoms with Crippen LogP contribution in [0.5, 0.6) is 0 Å². The van der Waals surface area contributed by atoms with Crippen LogP contribution in [0.3, 0.4) is 0 Å². The number of aliphatic hydroxyl groups excluding tert-OH is 1. The van der Waals surface area contributed by atoms with Gasteiger partial charge in [-0.15, -0.1) is 0 Å². The molecular formula is C13H23FO. The van der Waals surface area contributed by atoms with Crippen LogP contribution in [0.25, 0.3) is 0 Å². The van der Waals surface area contributed by atoms with Gasteiger partial charge < -0.3 is 5.11 Å². The first-order valence-corrected chi connectivity index (χ1v) is 6.52. The summed E-state index contributed by atoms with van der Waals surface area (Å²) >= 11 is 0. The lowest BCUT2D eigenvalue weighted by Gasteiger charge is -2.41. The van der Waals surface area contributed by atoms with E-state index in [1.54, 1.807) is 0 Å². The van der Waals surface area contributed by atoms with Gasteiger partial charge in [-0.1, -0.05) is 26.2 Å². The van der Waals surface area contributed by atoms with Gasteiger partial charge in [-0.05, 0) is 43.4 Å². The Morgan fingerprint density at radius 1 is 0.933 bits per heavy atom. The van der Waals surface area contributed by atoms with Gasteiger partial charge in [-0.2, -0.15) is 0 Å². The molecule has 0 radical (unpaired) electrons. The SMILES string of the molecule is CC1C(O)CCCC1C1CCCCC1F. The summed E-state index contributed by atoms with van der Waals surface area (Å²) in [7, 11) is 0. The molecule has 0 bridgehead atoms. The average Bonchev–Trinajstić information content (AvgIpc) is 2.23. The van der Waals surface area contributed by atoms with E-state index in [0.29, 0.717) is 11.8 Å². The van der Waals surface area contributed by atoms with Crippen molar-refractivity contribution in [2.75, 3.05) is 0 Å². The monoisotopic (exact) mass is 214 g/mol. The zero-order valence-corrected chi connectivity index (χ0v) is 9.66. The van der Waals surface area contributed by atoms with E-state index in [1.807, 2.05) is 0 Å². The molecule has 2 aliphatic carbocycles. The zero-order valence-electron chi connectivity index (χ0n) is 9.66. The average molecular weight is 214 g/mol. The van der Waals surface area contributed by atoms with Gasteiger partial charge in [0.1, 0.15) is 6.17 Å². The van der Waals surface area contributed by atoms with E-state index >= 15 is 0 Å². The molecule has 15 heavy (non-hydrogen) atoms. The first-order valence-electron chi connectivity index (χ1n) is 6.52. The number of hydrogen-bond donors (Lipinski definition) is 1. The highest BCUT2D eigenvalue weighted by Gasteiger charge is 2.38. The molecule has 0 amide bonds. The Morgan fingerprint density at radius 3 is 2.33 bits per heavy atom. The second-order valence-electron chi connectivity index (χ2n) is 5.49. The van der Waals surface area contributed by atoms with Crippen molar-refractivity contribution in [1.29, 1.82) is 0 Å². The Labute approximate surface area is 92.1 Å². The molecule has 0 saturated heterocycles. The van der Waals surface area contributed by atoms with Crippen LogP contribution < -0.4 is 0 Å². The molecule has 2 fully saturated rings. The van der Waals surface area contributed by atoms with Crippen molar-refractivity contribution < 1.29 is 9.50 Å².